The Labute approximate surface area is 170 Å². The van der Waals surface area contributed by atoms with Crippen molar-refractivity contribution in [2.24, 2.45) is 0 Å². The summed E-state index contributed by atoms with van der Waals surface area (Å²) in [6.45, 7) is 2.07. The molecule has 2 aromatic heterocycles. The largest absolute Gasteiger partial charge is 0.461 e. The topological polar surface area (TPSA) is 87.0 Å². The fraction of sp³-hybridized carbons (Fsp3) is 0.190. The molecule has 4 rings (SSSR count). The van der Waals surface area contributed by atoms with Crippen molar-refractivity contribution in [3.8, 4) is 0 Å². The van der Waals surface area contributed by atoms with Gasteiger partial charge in [-0.1, -0.05) is 41.1 Å². The normalized spacial score (nSPS) is 11.1. The van der Waals surface area contributed by atoms with E-state index in [1.165, 1.54) is 0 Å². The number of fused-ring (bicyclic) bond motifs is 2. The minimum absolute atomic E-state index is 0.00673. The second kappa shape index (κ2) is 7.97. The Kier molecular flexibility index (Phi) is 5.22. The highest BCUT2D eigenvalue weighted by atomic mass is 35.5. The molecule has 2 aromatic carbocycles. The van der Waals surface area contributed by atoms with Gasteiger partial charge in [0.1, 0.15) is 17.3 Å². The van der Waals surface area contributed by atoms with Gasteiger partial charge in [-0.15, -0.1) is 5.10 Å². The van der Waals surface area contributed by atoms with E-state index in [2.05, 4.69) is 15.3 Å². The predicted octanol–water partition coefficient (Wildman–Crippen LogP) is 3.44. The lowest BCUT2D eigenvalue weighted by Gasteiger charge is -2.09. The molecule has 0 unspecified atom stereocenters. The fourth-order valence-corrected chi connectivity index (χ4v) is 3.20. The number of hydrogen-bond acceptors (Lipinski definition) is 6. The molecule has 0 radical (unpaired) electrons. The molecule has 2 heterocycles. The Balaban J connectivity index is 1.41. The van der Waals surface area contributed by atoms with E-state index in [1.807, 2.05) is 31.2 Å². The van der Waals surface area contributed by atoms with Gasteiger partial charge in [0.15, 0.2) is 0 Å². The van der Waals surface area contributed by atoms with E-state index in [-0.39, 0.29) is 25.1 Å². The van der Waals surface area contributed by atoms with Crippen LogP contribution in [-0.2, 0) is 22.7 Å². The zero-order chi connectivity index (χ0) is 20.4. The van der Waals surface area contributed by atoms with E-state index in [9.17, 15) is 9.59 Å². The van der Waals surface area contributed by atoms with Gasteiger partial charge in [-0.25, -0.2) is 9.67 Å². The highest BCUT2D eigenvalue weighted by Crippen LogP contribution is 2.22. The smallest absolute Gasteiger partial charge is 0.308 e. The number of aryl methyl sites for hydroxylation is 2. The first kappa shape index (κ1) is 19.0. The maximum absolute atomic E-state index is 12.4. The van der Waals surface area contributed by atoms with Crippen molar-refractivity contribution >= 4 is 39.4 Å². The molecule has 0 amide bonds. The number of pyridine rings is 1. The maximum Gasteiger partial charge on any atom is 0.308 e. The van der Waals surface area contributed by atoms with E-state index in [1.54, 1.807) is 24.3 Å². The highest BCUT2D eigenvalue weighted by Gasteiger charge is 2.11. The molecule has 7 nitrogen and oxygen atoms in total. The molecule has 0 bridgehead atoms. The Bertz CT molecular complexity index is 1290. The first-order chi connectivity index (χ1) is 14.0. The number of benzene rings is 2. The van der Waals surface area contributed by atoms with Crippen molar-refractivity contribution < 1.29 is 9.53 Å². The van der Waals surface area contributed by atoms with Crippen LogP contribution in [0, 0.1) is 6.92 Å². The molecule has 0 atom stereocenters. The van der Waals surface area contributed by atoms with Crippen molar-refractivity contribution in [2.45, 2.75) is 26.5 Å². The number of aromatic nitrogens is 4. The van der Waals surface area contributed by atoms with Gasteiger partial charge < -0.3 is 4.74 Å². The number of esters is 1. The van der Waals surface area contributed by atoms with Gasteiger partial charge in [-0.2, -0.15) is 0 Å². The van der Waals surface area contributed by atoms with Gasteiger partial charge in [0.2, 0.25) is 0 Å². The van der Waals surface area contributed by atoms with E-state index in [0.717, 1.165) is 21.1 Å². The van der Waals surface area contributed by atoms with Gasteiger partial charge in [0.25, 0.3) is 5.56 Å². The van der Waals surface area contributed by atoms with Gasteiger partial charge in [0.05, 0.1) is 23.9 Å². The van der Waals surface area contributed by atoms with Crippen molar-refractivity contribution in [3.63, 3.8) is 0 Å². The number of nitrogens with zero attached hydrogens (tertiary/aromatic N) is 4. The van der Waals surface area contributed by atoms with Crippen LogP contribution in [0.1, 0.15) is 17.5 Å². The molecule has 0 fully saturated rings. The third-order valence-corrected chi connectivity index (χ3v) is 4.87. The molecule has 0 saturated carbocycles. The van der Waals surface area contributed by atoms with Gasteiger partial charge in [-0.3, -0.25) is 9.59 Å². The second-order valence-electron chi connectivity index (χ2n) is 6.68. The molecule has 0 aliphatic heterocycles. The number of rotatable bonds is 5. The third kappa shape index (κ3) is 4.09. The first-order valence-electron chi connectivity index (χ1n) is 9.05. The summed E-state index contributed by atoms with van der Waals surface area (Å²) in [6.07, 6.45) is -0.00918. The summed E-state index contributed by atoms with van der Waals surface area (Å²) in [7, 11) is 0. The molecule has 146 valence electrons. The minimum Gasteiger partial charge on any atom is -0.461 e. The van der Waals surface area contributed by atoms with E-state index in [0.29, 0.717) is 21.6 Å². The fourth-order valence-electron chi connectivity index (χ4n) is 3.00. The van der Waals surface area contributed by atoms with Crippen LogP contribution in [0.4, 0.5) is 0 Å². The number of hydrogen-bond donors (Lipinski definition) is 0. The van der Waals surface area contributed by atoms with E-state index in [4.69, 9.17) is 16.3 Å². The molecule has 0 saturated heterocycles. The molecule has 0 aliphatic rings. The van der Waals surface area contributed by atoms with Gasteiger partial charge >= 0.3 is 5.97 Å². The standard InChI is InChI=1S/C21H17ClN4O3/c1-13-6-7-14-11-15(20(22)23-18(14)10-13)12-29-19(27)8-9-26-21(28)16-4-2-3-5-17(16)24-25-26/h2-7,10-11H,8-9,12H2,1H3. The van der Waals surface area contributed by atoms with Crippen molar-refractivity contribution in [3.05, 3.63) is 75.2 Å². The lowest BCUT2D eigenvalue weighted by atomic mass is 10.1. The van der Waals surface area contributed by atoms with Crippen LogP contribution < -0.4 is 5.56 Å². The number of halogens is 1. The number of ether oxygens (including phenoxy) is 1. The Hall–Kier alpha value is -3.32. The summed E-state index contributed by atoms with van der Waals surface area (Å²) in [5.74, 6) is -0.466. The molecular formula is C21H17ClN4O3. The van der Waals surface area contributed by atoms with Gasteiger partial charge in [-0.05, 0) is 36.8 Å². The summed E-state index contributed by atoms with van der Waals surface area (Å²) < 4.78 is 6.47. The summed E-state index contributed by atoms with van der Waals surface area (Å²) in [6, 6.07) is 14.7. The molecule has 0 spiro atoms. The van der Waals surface area contributed by atoms with E-state index < -0.39 is 5.97 Å². The summed E-state index contributed by atoms with van der Waals surface area (Å²) >= 11 is 6.22. The lowest BCUT2D eigenvalue weighted by molar-refractivity contribution is -0.145. The summed E-state index contributed by atoms with van der Waals surface area (Å²) in [5, 5.41) is 9.54. The molecule has 4 aromatic rings. The highest BCUT2D eigenvalue weighted by molar-refractivity contribution is 6.30. The van der Waals surface area contributed by atoms with Crippen molar-refractivity contribution in [1.29, 1.82) is 0 Å². The average molecular weight is 409 g/mol. The number of carbonyl (C=O) groups excluding carboxylic acids is 1. The molecule has 0 aliphatic carbocycles. The second-order valence-corrected chi connectivity index (χ2v) is 7.04. The van der Waals surface area contributed by atoms with Crippen LogP contribution in [-0.4, -0.2) is 25.9 Å². The van der Waals surface area contributed by atoms with Crippen LogP contribution in [0.25, 0.3) is 21.8 Å². The lowest BCUT2D eigenvalue weighted by Crippen LogP contribution is -2.25. The van der Waals surface area contributed by atoms with Crippen molar-refractivity contribution in [2.75, 3.05) is 0 Å². The summed E-state index contributed by atoms with van der Waals surface area (Å²) in [5.41, 5.74) is 2.73. The molecule has 29 heavy (non-hydrogen) atoms. The average Bonchev–Trinajstić information content (AvgIpc) is 2.72. The van der Waals surface area contributed by atoms with Crippen LogP contribution in [0.5, 0.6) is 0 Å². The number of carbonyl (C=O) groups is 1. The van der Waals surface area contributed by atoms with Crippen LogP contribution in [0.3, 0.4) is 0 Å². The van der Waals surface area contributed by atoms with Crippen LogP contribution in [0.15, 0.2) is 53.3 Å². The zero-order valence-corrected chi connectivity index (χ0v) is 16.4. The monoisotopic (exact) mass is 408 g/mol. The predicted molar refractivity (Wildman–Crippen MR) is 110 cm³/mol. The Morgan fingerprint density at radius 1 is 1.14 bits per heavy atom. The Morgan fingerprint density at radius 2 is 1.97 bits per heavy atom. The quantitative estimate of drug-likeness (QED) is 0.371. The van der Waals surface area contributed by atoms with Crippen LogP contribution in [0.2, 0.25) is 5.15 Å². The SMILES string of the molecule is Cc1ccc2cc(COC(=O)CCn3nnc4ccccc4c3=O)c(Cl)nc2c1. The zero-order valence-electron chi connectivity index (χ0n) is 15.6. The Morgan fingerprint density at radius 3 is 2.83 bits per heavy atom. The third-order valence-electron chi connectivity index (χ3n) is 4.54. The maximum atomic E-state index is 12.4. The van der Waals surface area contributed by atoms with E-state index >= 15 is 0 Å². The molecular weight excluding hydrogens is 392 g/mol. The minimum atomic E-state index is -0.466. The molecule has 8 heteroatoms. The first-order valence-corrected chi connectivity index (χ1v) is 9.43. The summed E-state index contributed by atoms with van der Waals surface area (Å²) in [4.78, 5) is 28.9. The van der Waals surface area contributed by atoms with Gasteiger partial charge in [0, 0.05) is 10.9 Å². The molecule has 0 N–H and O–H groups in total. The van der Waals surface area contributed by atoms with Crippen molar-refractivity contribution in [1.82, 2.24) is 20.0 Å². The van der Waals surface area contributed by atoms with Crippen LogP contribution >= 0.6 is 11.6 Å².